The van der Waals surface area contributed by atoms with Gasteiger partial charge in [0.25, 0.3) is 19.7 Å². The summed E-state index contributed by atoms with van der Waals surface area (Å²) in [6.07, 6.45) is 4.39. The maximum absolute atomic E-state index is 12.3. The van der Waals surface area contributed by atoms with E-state index in [2.05, 4.69) is 226 Å². The van der Waals surface area contributed by atoms with Gasteiger partial charge in [0.05, 0.1) is 49.1 Å². The number of fused-ring (bicyclic) bond motifs is 3. The monoisotopic (exact) mass is 2280 g/mol. The summed E-state index contributed by atoms with van der Waals surface area (Å²) in [5.41, 5.74) is -1.81. The zero-order chi connectivity index (χ0) is 102. The van der Waals surface area contributed by atoms with E-state index in [9.17, 15) is 73.5 Å². The van der Waals surface area contributed by atoms with E-state index in [0.717, 1.165) is 16.9 Å². The van der Waals surface area contributed by atoms with Crippen LogP contribution in [0.2, 0.25) is 0 Å². The predicted molar refractivity (Wildman–Crippen MR) is 513 cm³/mol. The van der Waals surface area contributed by atoms with Crippen LogP contribution in [0.5, 0.6) is 28.7 Å². The molecular formula is C92H73Cl6F12IN5O15PS6. The van der Waals surface area contributed by atoms with Gasteiger partial charge in [-0.2, -0.15) is 26.3 Å². The first kappa shape index (κ1) is 113. The first-order valence-electron chi connectivity index (χ1n) is 38.5. The molecule has 15 aromatic carbocycles. The van der Waals surface area contributed by atoms with Gasteiger partial charge in [-0.1, -0.05) is 252 Å². The Morgan fingerprint density at radius 2 is 0.717 bits per heavy atom. The number of phenolic OH excluding ortho intramolecular Hbond substituents is 1. The van der Waals surface area contributed by atoms with E-state index in [-0.39, 0.29) is 70.3 Å². The van der Waals surface area contributed by atoms with E-state index < -0.39 is 70.7 Å². The van der Waals surface area contributed by atoms with Crippen LogP contribution in [0.1, 0.15) is 11.6 Å². The van der Waals surface area contributed by atoms with Gasteiger partial charge in [0.15, 0.2) is 75.9 Å². The number of nitrogens with zero attached hydrogens (tertiary/aromatic N) is 5. The van der Waals surface area contributed by atoms with Crippen molar-refractivity contribution in [3.8, 4) is 40.1 Å². The summed E-state index contributed by atoms with van der Waals surface area (Å²) in [7, 11) is -25.2. The summed E-state index contributed by atoms with van der Waals surface area (Å²) in [5, 5.41) is 22.7. The Hall–Kier alpha value is -10.3. The largest absolute Gasteiger partial charge is 0.741 e. The molecule has 0 spiro atoms. The number of sulfone groups is 2. The summed E-state index contributed by atoms with van der Waals surface area (Å²) in [5.74, 6) is 2.98. The number of hydrogen-bond acceptors (Lipinski definition) is 18. The Kier molecular flexibility index (Phi) is 38.8. The molecule has 0 amide bonds. The maximum atomic E-state index is 12.3. The van der Waals surface area contributed by atoms with Crippen LogP contribution in [0.15, 0.2) is 357 Å². The molecule has 0 aliphatic heterocycles. The van der Waals surface area contributed by atoms with E-state index in [1.54, 1.807) is 50.6 Å². The molecule has 0 fully saturated rings. The van der Waals surface area contributed by atoms with Crippen molar-refractivity contribution in [2.45, 2.75) is 48.0 Å². The molecule has 1 aromatic heterocycles. The van der Waals surface area contributed by atoms with Crippen molar-refractivity contribution < 1.29 is 144 Å². The molecule has 16 aromatic rings. The number of aromatic hydroxyl groups is 1. The van der Waals surface area contributed by atoms with Crippen LogP contribution in [0.4, 0.5) is 51.5 Å². The Labute approximate surface area is 830 Å². The SMILES string of the molecule is COc1ccc(-c2nc(C(Cl)(Cl)Cl)nc(C(Cl)(Cl)Cl)n2)cc1OC.COc1ccc([I+]c2ccccc2)cc1.COc1ccc([S+](c2ccccc2)c2ccccc2)cc1.C[S+](C)c1ccc(O)c2ccccc12.F[P-](F)(F)(F)(F)F.O=S(=O)([O-])C(F)(F)F.O=S(=O)([O-])C(F)(F)F.[N-]=[N+]=C(S(=O)(=O)c1ccccc1)S(=O)(=O)c1ccccc1.c1cc2cccc3c4cccc5cccc(c(c1)c23)c54. The minimum absolute atomic E-state index is 0.0449. The van der Waals surface area contributed by atoms with Crippen LogP contribution in [0, 0.1) is 7.14 Å². The summed E-state index contributed by atoms with van der Waals surface area (Å²) in [6.45, 7) is 0. The van der Waals surface area contributed by atoms with Gasteiger partial charge in [-0.3, -0.25) is 0 Å². The third kappa shape index (κ3) is 33.2. The molecule has 0 unspecified atom stereocenters. The van der Waals surface area contributed by atoms with Crippen LogP contribution in [0.3, 0.4) is 0 Å². The number of phenols is 1. The summed E-state index contributed by atoms with van der Waals surface area (Å²) >= 11 is 35.1. The summed E-state index contributed by atoms with van der Waals surface area (Å²) < 4.78 is 245. The van der Waals surface area contributed by atoms with Crippen molar-refractivity contribution in [2.75, 3.05) is 41.0 Å². The predicted octanol–water partition coefficient (Wildman–Crippen LogP) is 23.3. The second-order valence-corrected chi connectivity index (χ2v) is 48.0. The van der Waals surface area contributed by atoms with Gasteiger partial charge >= 0.3 is 69.6 Å². The van der Waals surface area contributed by atoms with Gasteiger partial charge in [-0.15, -0.1) is 4.79 Å². The van der Waals surface area contributed by atoms with Crippen LogP contribution in [-0.4, -0.2) is 124 Å². The van der Waals surface area contributed by atoms with Gasteiger partial charge in [0.1, 0.15) is 29.8 Å². The first-order chi connectivity index (χ1) is 64.3. The van der Waals surface area contributed by atoms with E-state index in [1.165, 1.54) is 138 Å². The smallest absolute Gasteiger partial charge is 0.504 e. The number of ether oxygens (including phenoxy) is 4. The van der Waals surface area contributed by atoms with Gasteiger partial charge < -0.3 is 38.7 Å². The molecule has 1 N–H and O–H groups in total. The fourth-order valence-electron chi connectivity index (χ4n) is 12.0. The zero-order valence-electron chi connectivity index (χ0n) is 71.7. The van der Waals surface area contributed by atoms with Crippen LogP contribution >= 0.6 is 77.4 Å². The number of methoxy groups -OCH3 is 4. The number of benzene rings is 15. The standard InChI is InChI=1S/C20H12.C19H17OS.C13H9Cl6N3O2.C13H12IO.C13H10N2O4S2.C12H12OS.2CHF3O3S.F6P/c1-5-13-6-2-11-17-18-12-4-8-14-7-3-10-16(20(14)18)15(9-1)19(13)17;1-20-16-12-14-19(15-13-16)21(17-8-4-2-5-9-17)18-10-6-3-7-11-18;1-23-7-4-3-6(5-8(7)24-2)9-20-10(12(14,15)16)22-11(21-9)13(17,18)19;1-15-13-9-7-12(8-10-13)14-11-5-3-2-4-6-11;14-15-13(20(16,17)11-7-3-1-4-8-11)21(18,19)12-9-5-2-6-10-12;1-14(2)12-8-7-11(13)9-5-3-4-6-10(9)12;2*2-1(3,4)8(5,6)7;1-7(2,3,4,5)6/h1-12H;2-15H,1H3;3-5H,1-2H3;2-10H,1H3;1-10H;3-8H,1-2H3;2*(H,5,6,7);/q;+1;;+1;;;;;-1/p-1. The second kappa shape index (κ2) is 47.3. The van der Waals surface area contributed by atoms with Crippen LogP contribution in [0.25, 0.3) is 70.8 Å². The van der Waals surface area contributed by atoms with E-state index in [4.69, 9.17) is 120 Å². The Balaban J connectivity index is 0.000000195. The average molecular weight is 2280 g/mol. The molecule has 0 bridgehead atoms. The molecule has 0 aliphatic rings. The van der Waals surface area contributed by atoms with Gasteiger partial charge in [-0.05, 0) is 189 Å². The average Bonchev–Trinajstić information content (AvgIpc) is 0.731. The fourth-order valence-corrected chi connectivity index (χ4v) is 21.2. The van der Waals surface area contributed by atoms with Crippen LogP contribution < -0.4 is 40.2 Å². The minimum Gasteiger partial charge on any atom is -0.741 e. The molecule has 0 saturated carbocycles. The molecule has 0 saturated heterocycles. The van der Waals surface area contributed by atoms with Crippen LogP contribution in [-0.2, 0) is 69.3 Å². The number of aromatic nitrogens is 3. The maximum Gasteiger partial charge on any atom is 0.504 e. The van der Waals surface area contributed by atoms with E-state index >= 15 is 0 Å². The van der Waals surface area contributed by atoms with Gasteiger partial charge in [0, 0.05) is 27.2 Å². The van der Waals surface area contributed by atoms with Crippen molar-refractivity contribution in [1.29, 1.82) is 0 Å². The number of rotatable bonds is 13. The molecule has 1 heterocycles. The number of alkyl halides is 12. The van der Waals surface area contributed by atoms with Gasteiger partial charge in [0.2, 0.25) is 7.59 Å². The topological polar surface area (TPSA) is 315 Å². The third-order valence-electron chi connectivity index (χ3n) is 17.9. The van der Waals surface area contributed by atoms with Gasteiger partial charge in [-0.25, -0.2) is 48.6 Å². The second-order valence-electron chi connectivity index (χ2n) is 27.6. The number of hydrogen-bond donors (Lipinski definition) is 1. The third-order valence-corrected chi connectivity index (χ3v) is 30.4. The van der Waals surface area contributed by atoms with Crippen molar-refractivity contribution in [1.82, 2.24) is 15.0 Å². The molecule has 0 aliphatic carbocycles. The quantitative estimate of drug-likeness (QED) is 0.00894. The first-order valence-corrected chi connectivity index (χ1v) is 54.0. The minimum atomic E-state index is -10.7. The zero-order valence-corrected chi connectivity index (χ0v) is 84.1. The molecule has 46 heteroatoms. The molecular weight excluding hydrogens is 2210 g/mol. The van der Waals surface area contributed by atoms with Crippen molar-refractivity contribution >= 4 is 197 Å². The molecule has 20 nitrogen and oxygen atoms in total. The molecule has 16 rings (SSSR count). The normalized spacial score (nSPS) is 12.2. The van der Waals surface area contributed by atoms with Crippen molar-refractivity contribution in [3.63, 3.8) is 0 Å². The molecule has 138 heavy (non-hydrogen) atoms. The number of halogens is 19. The molecule has 0 radical (unpaired) electrons. The van der Waals surface area contributed by atoms with Crippen molar-refractivity contribution in [2.24, 2.45) is 0 Å². The van der Waals surface area contributed by atoms with E-state index in [0.29, 0.717) is 22.8 Å². The fraction of sp³-hybridized carbons (Fsp3) is 0.109. The Morgan fingerprint density at radius 3 is 1.05 bits per heavy atom. The van der Waals surface area contributed by atoms with Crippen molar-refractivity contribution in [3.05, 3.63) is 352 Å². The Morgan fingerprint density at radius 1 is 0.399 bits per heavy atom. The Bertz CT molecular complexity index is 7020. The summed E-state index contributed by atoms with van der Waals surface area (Å²) in [4.78, 5) is 19.4. The molecule has 730 valence electrons. The summed E-state index contributed by atoms with van der Waals surface area (Å²) in [6, 6.07) is 106. The van der Waals surface area contributed by atoms with E-state index in [1.807, 2.05) is 48.5 Å². The molecule has 0 atom stereocenters.